The molecule has 0 atom stereocenters. The molecule has 0 saturated carbocycles. The van der Waals surface area contributed by atoms with Gasteiger partial charge in [0, 0.05) is 64.2 Å². The lowest BCUT2D eigenvalue weighted by atomic mass is 9.98. The molecule has 0 aliphatic heterocycles. The lowest BCUT2D eigenvalue weighted by Gasteiger charge is -2.12. The van der Waals surface area contributed by atoms with Crippen LogP contribution in [0.25, 0.3) is 33.6 Å². The molecule has 208 valence electrons. The van der Waals surface area contributed by atoms with E-state index >= 15 is 0 Å². The fraction of sp³-hybridized carbons (Fsp3) is 0.0833. The summed E-state index contributed by atoms with van der Waals surface area (Å²) in [5.41, 5.74) is 11.5. The Morgan fingerprint density at radius 3 is 2.57 bits per heavy atom. The molecule has 3 N–H and O–H groups in total. The number of H-pyrrole nitrogens is 2. The van der Waals surface area contributed by atoms with Gasteiger partial charge in [-0.15, -0.1) is 0 Å². The normalized spacial score (nSPS) is 12.4. The number of nitrogens with one attached hydrogen (secondary N) is 3. The van der Waals surface area contributed by atoms with Crippen LogP contribution in [0.2, 0.25) is 0 Å². The van der Waals surface area contributed by atoms with Crippen LogP contribution in [-0.4, -0.2) is 25.1 Å². The van der Waals surface area contributed by atoms with E-state index in [9.17, 15) is 0 Å². The second kappa shape index (κ2) is 12.8. The van der Waals surface area contributed by atoms with Gasteiger partial charge in [-0.1, -0.05) is 74.4 Å². The highest BCUT2D eigenvalue weighted by atomic mass is 15.2. The third-order valence-corrected chi connectivity index (χ3v) is 7.00. The van der Waals surface area contributed by atoms with Crippen LogP contribution in [0.3, 0.4) is 0 Å². The number of allylic oxidation sites excluding steroid dienone is 7. The van der Waals surface area contributed by atoms with Gasteiger partial charge in [0.05, 0.1) is 11.4 Å². The van der Waals surface area contributed by atoms with Gasteiger partial charge in [0.2, 0.25) is 0 Å². The predicted molar refractivity (Wildman–Crippen MR) is 174 cm³/mol. The third-order valence-electron chi connectivity index (χ3n) is 7.00. The number of aromatic amines is 2. The zero-order valence-electron chi connectivity index (χ0n) is 24.0. The van der Waals surface area contributed by atoms with Gasteiger partial charge in [0.1, 0.15) is 0 Å². The Bertz CT molecular complexity index is 1830. The maximum Gasteiger partial charge on any atom is 0.181 e. The van der Waals surface area contributed by atoms with Crippen molar-refractivity contribution in [3.63, 3.8) is 0 Å². The number of nitrogens with zero attached hydrogens (tertiary/aromatic N) is 3. The van der Waals surface area contributed by atoms with Crippen molar-refractivity contribution in [1.29, 1.82) is 0 Å². The Morgan fingerprint density at radius 1 is 1.02 bits per heavy atom. The molecule has 0 radical (unpaired) electrons. The van der Waals surface area contributed by atoms with Crippen LogP contribution in [0.5, 0.6) is 0 Å². The number of rotatable bonds is 11. The maximum absolute atomic E-state index is 4.66. The minimum Gasteiger partial charge on any atom is -0.359 e. The molecule has 42 heavy (non-hydrogen) atoms. The number of fused-ring (bicyclic) bond motifs is 1. The summed E-state index contributed by atoms with van der Waals surface area (Å²) in [4.78, 5) is 12.5. The van der Waals surface area contributed by atoms with Gasteiger partial charge in [-0.05, 0) is 60.9 Å². The first-order chi connectivity index (χ1) is 20.5. The smallest absolute Gasteiger partial charge is 0.181 e. The lowest BCUT2D eigenvalue weighted by Crippen LogP contribution is -2.12. The molecule has 6 heteroatoms. The van der Waals surface area contributed by atoms with Crippen molar-refractivity contribution in [3.8, 4) is 11.4 Å². The summed E-state index contributed by atoms with van der Waals surface area (Å²) in [7, 11) is 0. The first-order valence-electron chi connectivity index (χ1n) is 13.8. The van der Waals surface area contributed by atoms with Gasteiger partial charge < -0.3 is 10.3 Å². The summed E-state index contributed by atoms with van der Waals surface area (Å²) in [5, 5.41) is 12.0. The molecule has 0 unspecified atom stereocenters. The summed E-state index contributed by atoms with van der Waals surface area (Å²) < 4.78 is 0. The van der Waals surface area contributed by atoms with E-state index in [1.54, 1.807) is 18.3 Å². The van der Waals surface area contributed by atoms with Crippen molar-refractivity contribution >= 4 is 22.2 Å². The average molecular weight is 551 g/mol. The third kappa shape index (κ3) is 6.13. The molecule has 0 aliphatic carbocycles. The van der Waals surface area contributed by atoms with Gasteiger partial charge in [0.25, 0.3) is 0 Å². The van der Waals surface area contributed by atoms with Crippen LogP contribution in [-0.2, 0) is 6.42 Å². The van der Waals surface area contributed by atoms with E-state index in [0.717, 1.165) is 68.1 Å². The Labute approximate surface area is 246 Å². The van der Waals surface area contributed by atoms with Gasteiger partial charge in [-0.25, -0.2) is 4.98 Å². The molecule has 0 spiro atoms. The van der Waals surface area contributed by atoms with Crippen LogP contribution >= 0.6 is 0 Å². The molecule has 0 bridgehead atoms. The predicted octanol–water partition coefficient (Wildman–Crippen LogP) is 8.09. The second-order valence-electron chi connectivity index (χ2n) is 9.91. The standard InChI is InChI=1S/C36H34N6/c1-6-13-31(28-16-12-17-37-22-28)32-21-34(40-25(32)5)35-33-20-29(23-38-36(33)42-41-35)27(7-2)19-30(8-3)39-24(4)18-26-14-10-9-11-15-26/h6-17,19-23,39-40H,1,3-4,18H2,2,5H3,(H,38,41,42)/b27-7+,30-19+,31-13-. The maximum atomic E-state index is 4.66. The number of benzene rings is 1. The summed E-state index contributed by atoms with van der Waals surface area (Å²) >= 11 is 0. The minimum absolute atomic E-state index is 0.648. The zero-order chi connectivity index (χ0) is 29.5. The van der Waals surface area contributed by atoms with E-state index in [2.05, 4.69) is 93.5 Å². The number of aryl methyl sites for hydroxylation is 1. The molecule has 0 fully saturated rings. The van der Waals surface area contributed by atoms with Crippen LogP contribution in [0.15, 0.2) is 135 Å². The Hall–Kier alpha value is -5.49. The number of hydrogen-bond acceptors (Lipinski definition) is 4. The van der Waals surface area contributed by atoms with E-state index < -0.39 is 0 Å². The topological polar surface area (TPSA) is 82.3 Å². The average Bonchev–Trinajstić information content (AvgIpc) is 3.61. The van der Waals surface area contributed by atoms with Crippen LogP contribution in [0.4, 0.5) is 0 Å². The molecule has 5 aromatic rings. The van der Waals surface area contributed by atoms with Crippen LogP contribution in [0, 0.1) is 6.92 Å². The van der Waals surface area contributed by atoms with Crippen molar-refractivity contribution in [2.75, 3.05) is 0 Å². The Kier molecular flexibility index (Phi) is 8.54. The molecular weight excluding hydrogens is 516 g/mol. The quantitative estimate of drug-likeness (QED) is 0.145. The number of hydrogen-bond donors (Lipinski definition) is 3. The van der Waals surface area contributed by atoms with E-state index in [1.807, 2.05) is 55.7 Å². The van der Waals surface area contributed by atoms with Gasteiger partial charge in [0.15, 0.2) is 5.65 Å². The lowest BCUT2D eigenvalue weighted by molar-refractivity contribution is 0.942. The molecule has 5 rings (SSSR count). The fourth-order valence-corrected chi connectivity index (χ4v) is 4.95. The van der Waals surface area contributed by atoms with Gasteiger partial charge in [-0.2, -0.15) is 5.10 Å². The first kappa shape index (κ1) is 28.1. The van der Waals surface area contributed by atoms with Crippen LogP contribution in [0.1, 0.15) is 34.9 Å². The highest BCUT2D eigenvalue weighted by molar-refractivity contribution is 5.94. The SMILES string of the molecule is C=C/C=C(/c1cccnc1)c1cc(-c2[nH]nc3ncc(C(/C=C(\C=C)NC(=C)Cc4ccccc4)=C/C)cc23)[nH]c1C. The van der Waals surface area contributed by atoms with E-state index in [-0.39, 0.29) is 0 Å². The van der Waals surface area contributed by atoms with Crippen LogP contribution < -0.4 is 5.32 Å². The zero-order valence-corrected chi connectivity index (χ0v) is 24.0. The molecule has 0 aliphatic rings. The Balaban J connectivity index is 1.45. The Morgan fingerprint density at radius 2 is 1.86 bits per heavy atom. The summed E-state index contributed by atoms with van der Waals surface area (Å²) in [6.45, 7) is 16.2. The second-order valence-corrected chi connectivity index (χ2v) is 9.91. The molecular formula is C36H34N6. The van der Waals surface area contributed by atoms with Gasteiger partial charge in [-0.3, -0.25) is 10.1 Å². The van der Waals surface area contributed by atoms with Crippen molar-refractivity contribution in [2.45, 2.75) is 20.3 Å². The van der Waals surface area contributed by atoms with Crippen molar-refractivity contribution in [2.24, 2.45) is 0 Å². The number of pyridine rings is 2. The first-order valence-corrected chi connectivity index (χ1v) is 13.8. The molecule has 0 saturated heterocycles. The van der Waals surface area contributed by atoms with Gasteiger partial charge >= 0.3 is 0 Å². The molecule has 4 aromatic heterocycles. The highest BCUT2D eigenvalue weighted by Crippen LogP contribution is 2.33. The largest absolute Gasteiger partial charge is 0.359 e. The van der Waals surface area contributed by atoms with E-state index in [4.69, 9.17) is 0 Å². The van der Waals surface area contributed by atoms with E-state index in [1.165, 1.54) is 5.56 Å². The molecule has 0 amide bonds. The van der Waals surface area contributed by atoms with Crippen molar-refractivity contribution < 1.29 is 0 Å². The number of aromatic nitrogens is 5. The van der Waals surface area contributed by atoms with E-state index in [0.29, 0.717) is 5.65 Å². The fourth-order valence-electron chi connectivity index (χ4n) is 4.95. The monoisotopic (exact) mass is 550 g/mol. The highest BCUT2D eigenvalue weighted by Gasteiger charge is 2.17. The van der Waals surface area contributed by atoms with Crippen molar-refractivity contribution in [1.82, 2.24) is 30.5 Å². The summed E-state index contributed by atoms with van der Waals surface area (Å²) in [6.07, 6.45) is 15.9. The molecule has 6 nitrogen and oxygen atoms in total. The van der Waals surface area contributed by atoms with Crippen molar-refractivity contribution in [3.05, 3.63) is 163 Å². The minimum atomic E-state index is 0.648. The molecule has 1 aromatic carbocycles. The summed E-state index contributed by atoms with van der Waals surface area (Å²) in [6, 6.07) is 18.5. The molecule has 4 heterocycles. The summed E-state index contributed by atoms with van der Waals surface area (Å²) in [5.74, 6) is 0.